The Hall–Kier alpha value is -3.39. The predicted octanol–water partition coefficient (Wildman–Crippen LogP) is 3.09. The molecule has 1 aromatic heterocycles. The zero-order chi connectivity index (χ0) is 20.8. The van der Waals surface area contributed by atoms with E-state index in [2.05, 4.69) is 15.5 Å². The molecule has 0 bridgehead atoms. The van der Waals surface area contributed by atoms with Gasteiger partial charge in [0.25, 0.3) is 11.8 Å². The number of carbonyl (C=O) groups is 1. The van der Waals surface area contributed by atoms with Gasteiger partial charge >= 0.3 is 0 Å². The van der Waals surface area contributed by atoms with Gasteiger partial charge in [0.05, 0.1) is 13.2 Å². The Morgan fingerprint density at radius 3 is 2.53 bits per heavy atom. The van der Waals surface area contributed by atoms with Crippen LogP contribution in [0.5, 0.6) is 11.5 Å². The van der Waals surface area contributed by atoms with Crippen molar-refractivity contribution in [3.05, 3.63) is 48.5 Å². The summed E-state index contributed by atoms with van der Waals surface area (Å²) in [6.07, 6.45) is 2.15. The third-order valence-electron chi connectivity index (χ3n) is 4.80. The SMILES string of the molecule is COc1ccc(-c2noc(-c3ccc(OCC(=O)NCC4CCCO4)cc3)n2)cc1. The summed E-state index contributed by atoms with van der Waals surface area (Å²) in [5.74, 6) is 2.08. The highest BCUT2D eigenvalue weighted by atomic mass is 16.5. The molecule has 0 spiro atoms. The van der Waals surface area contributed by atoms with E-state index in [9.17, 15) is 4.79 Å². The normalized spacial score (nSPS) is 15.7. The Bertz CT molecular complexity index is 963. The number of nitrogens with zero attached hydrogens (tertiary/aromatic N) is 2. The number of ether oxygens (including phenoxy) is 3. The van der Waals surface area contributed by atoms with Crippen LogP contribution in [0.1, 0.15) is 12.8 Å². The van der Waals surface area contributed by atoms with Gasteiger partial charge in [0.2, 0.25) is 5.82 Å². The van der Waals surface area contributed by atoms with Gasteiger partial charge < -0.3 is 24.1 Å². The average molecular weight is 409 g/mol. The van der Waals surface area contributed by atoms with Crippen LogP contribution in [0, 0.1) is 0 Å². The summed E-state index contributed by atoms with van der Waals surface area (Å²) >= 11 is 0. The lowest BCUT2D eigenvalue weighted by atomic mass is 10.2. The van der Waals surface area contributed by atoms with E-state index in [1.165, 1.54) is 0 Å². The van der Waals surface area contributed by atoms with Gasteiger partial charge in [-0.3, -0.25) is 4.79 Å². The average Bonchev–Trinajstić information content (AvgIpc) is 3.49. The fraction of sp³-hybridized carbons (Fsp3) is 0.318. The molecule has 0 radical (unpaired) electrons. The molecule has 1 fully saturated rings. The number of methoxy groups -OCH3 is 1. The Balaban J connectivity index is 1.31. The van der Waals surface area contributed by atoms with E-state index >= 15 is 0 Å². The topological polar surface area (TPSA) is 95.7 Å². The monoisotopic (exact) mass is 409 g/mol. The van der Waals surface area contributed by atoms with Crippen molar-refractivity contribution >= 4 is 5.91 Å². The van der Waals surface area contributed by atoms with Gasteiger partial charge in [-0.2, -0.15) is 4.98 Å². The third-order valence-corrected chi connectivity index (χ3v) is 4.80. The van der Waals surface area contributed by atoms with Crippen molar-refractivity contribution in [2.24, 2.45) is 0 Å². The molecular weight excluding hydrogens is 386 g/mol. The van der Waals surface area contributed by atoms with Crippen LogP contribution in [0.2, 0.25) is 0 Å². The second-order valence-corrected chi connectivity index (χ2v) is 6.90. The Kier molecular flexibility index (Phi) is 6.24. The molecule has 1 aliphatic heterocycles. The Morgan fingerprint density at radius 1 is 1.10 bits per heavy atom. The first kappa shape index (κ1) is 19.9. The molecule has 1 N–H and O–H groups in total. The van der Waals surface area contributed by atoms with Crippen molar-refractivity contribution in [3.8, 4) is 34.3 Å². The van der Waals surface area contributed by atoms with Gasteiger partial charge in [-0.1, -0.05) is 5.16 Å². The summed E-state index contributed by atoms with van der Waals surface area (Å²) in [4.78, 5) is 16.3. The molecule has 156 valence electrons. The summed E-state index contributed by atoms with van der Waals surface area (Å²) in [5, 5.41) is 6.86. The predicted molar refractivity (Wildman–Crippen MR) is 109 cm³/mol. The summed E-state index contributed by atoms with van der Waals surface area (Å²) in [6.45, 7) is 1.24. The van der Waals surface area contributed by atoms with Crippen molar-refractivity contribution in [2.75, 3.05) is 26.9 Å². The molecule has 8 nitrogen and oxygen atoms in total. The van der Waals surface area contributed by atoms with Crippen molar-refractivity contribution in [3.63, 3.8) is 0 Å². The number of hydrogen-bond acceptors (Lipinski definition) is 7. The molecule has 1 amide bonds. The molecular formula is C22H23N3O5. The zero-order valence-electron chi connectivity index (χ0n) is 16.7. The molecule has 1 aliphatic rings. The molecule has 1 unspecified atom stereocenters. The summed E-state index contributed by atoms with van der Waals surface area (Å²) in [5.41, 5.74) is 1.59. The maximum absolute atomic E-state index is 11.9. The molecule has 30 heavy (non-hydrogen) atoms. The summed E-state index contributed by atoms with van der Waals surface area (Å²) in [6, 6.07) is 14.6. The smallest absolute Gasteiger partial charge is 0.258 e. The first-order valence-corrected chi connectivity index (χ1v) is 9.81. The molecule has 8 heteroatoms. The number of hydrogen-bond donors (Lipinski definition) is 1. The van der Waals surface area contributed by atoms with Crippen LogP contribution in [0.4, 0.5) is 0 Å². The van der Waals surface area contributed by atoms with E-state index in [4.69, 9.17) is 18.7 Å². The molecule has 2 aromatic carbocycles. The van der Waals surface area contributed by atoms with Crippen LogP contribution >= 0.6 is 0 Å². The Morgan fingerprint density at radius 2 is 1.83 bits per heavy atom. The molecule has 0 aliphatic carbocycles. The first-order valence-electron chi connectivity index (χ1n) is 9.81. The van der Waals surface area contributed by atoms with Crippen LogP contribution in [0.15, 0.2) is 53.1 Å². The van der Waals surface area contributed by atoms with Crippen molar-refractivity contribution in [1.82, 2.24) is 15.5 Å². The molecule has 3 aromatic rings. The third kappa shape index (κ3) is 4.96. The highest BCUT2D eigenvalue weighted by molar-refractivity contribution is 5.77. The van der Waals surface area contributed by atoms with Gasteiger partial charge in [0.15, 0.2) is 6.61 Å². The lowest BCUT2D eigenvalue weighted by Crippen LogP contribution is -2.35. The minimum absolute atomic E-state index is 0.0474. The quantitative estimate of drug-likeness (QED) is 0.611. The van der Waals surface area contributed by atoms with Gasteiger partial charge in [-0.05, 0) is 61.4 Å². The van der Waals surface area contributed by atoms with Gasteiger partial charge in [-0.15, -0.1) is 0 Å². The Labute approximate surface area is 174 Å². The van der Waals surface area contributed by atoms with E-state index in [1.54, 1.807) is 19.2 Å². The van der Waals surface area contributed by atoms with Gasteiger partial charge in [-0.25, -0.2) is 0 Å². The van der Waals surface area contributed by atoms with Crippen LogP contribution in [-0.2, 0) is 9.53 Å². The molecule has 1 saturated heterocycles. The van der Waals surface area contributed by atoms with E-state index in [0.29, 0.717) is 24.0 Å². The molecule has 1 atom stereocenters. The van der Waals surface area contributed by atoms with Crippen LogP contribution in [0.25, 0.3) is 22.8 Å². The second kappa shape index (κ2) is 9.41. The largest absolute Gasteiger partial charge is 0.497 e. The van der Waals surface area contributed by atoms with Crippen LogP contribution in [-0.4, -0.2) is 49.0 Å². The molecule has 0 saturated carbocycles. The van der Waals surface area contributed by atoms with Crippen molar-refractivity contribution in [2.45, 2.75) is 18.9 Å². The maximum atomic E-state index is 11.9. The van der Waals surface area contributed by atoms with E-state index < -0.39 is 0 Å². The lowest BCUT2D eigenvalue weighted by molar-refractivity contribution is -0.123. The second-order valence-electron chi connectivity index (χ2n) is 6.90. The number of aromatic nitrogens is 2. The summed E-state index contributed by atoms with van der Waals surface area (Å²) in [7, 11) is 1.62. The van der Waals surface area contributed by atoms with E-state index in [-0.39, 0.29) is 18.6 Å². The zero-order valence-corrected chi connectivity index (χ0v) is 16.7. The van der Waals surface area contributed by atoms with E-state index in [0.717, 1.165) is 36.3 Å². The number of amides is 1. The van der Waals surface area contributed by atoms with Gasteiger partial charge in [0.1, 0.15) is 11.5 Å². The van der Waals surface area contributed by atoms with Gasteiger partial charge in [0, 0.05) is 24.3 Å². The van der Waals surface area contributed by atoms with Crippen LogP contribution in [0.3, 0.4) is 0 Å². The maximum Gasteiger partial charge on any atom is 0.258 e. The number of rotatable bonds is 8. The number of benzene rings is 2. The first-order chi connectivity index (χ1) is 14.7. The molecule has 2 heterocycles. The highest BCUT2D eigenvalue weighted by Crippen LogP contribution is 2.25. The minimum atomic E-state index is -0.171. The highest BCUT2D eigenvalue weighted by Gasteiger charge is 2.16. The van der Waals surface area contributed by atoms with Crippen molar-refractivity contribution in [1.29, 1.82) is 0 Å². The van der Waals surface area contributed by atoms with Crippen molar-refractivity contribution < 1.29 is 23.5 Å². The van der Waals surface area contributed by atoms with E-state index in [1.807, 2.05) is 36.4 Å². The lowest BCUT2D eigenvalue weighted by Gasteiger charge is -2.11. The summed E-state index contributed by atoms with van der Waals surface area (Å²) < 4.78 is 21.5. The molecule has 4 rings (SSSR count). The fourth-order valence-corrected chi connectivity index (χ4v) is 3.12. The fourth-order valence-electron chi connectivity index (χ4n) is 3.12. The number of carbonyl (C=O) groups excluding carboxylic acids is 1. The number of nitrogens with one attached hydrogen (secondary N) is 1. The standard InChI is InChI=1S/C22H23N3O5/c1-27-17-8-4-15(5-9-17)21-24-22(30-25-21)16-6-10-18(11-7-16)29-14-20(26)23-13-19-3-2-12-28-19/h4-11,19H,2-3,12-14H2,1H3,(H,23,26). The van der Waals surface area contributed by atoms with Crippen LogP contribution < -0.4 is 14.8 Å². The minimum Gasteiger partial charge on any atom is -0.497 e.